The molecule has 58 heavy (non-hydrogen) atoms. The van der Waals surface area contributed by atoms with Crippen LogP contribution in [0.25, 0.3) is 0 Å². The van der Waals surface area contributed by atoms with Crippen LogP contribution in [0.3, 0.4) is 0 Å². The van der Waals surface area contributed by atoms with Crippen molar-refractivity contribution in [1.29, 1.82) is 0 Å². The zero-order valence-electron chi connectivity index (χ0n) is 33.3. The summed E-state index contributed by atoms with van der Waals surface area (Å²) in [4.78, 5) is 37.8. The summed E-state index contributed by atoms with van der Waals surface area (Å²) in [6.07, 6.45) is 3.60. The fourth-order valence-corrected chi connectivity index (χ4v) is 7.09. The van der Waals surface area contributed by atoms with Gasteiger partial charge in [0.05, 0.1) is 18.7 Å². The first-order valence-electron chi connectivity index (χ1n) is 20.1. The van der Waals surface area contributed by atoms with Gasteiger partial charge < -0.3 is 19.3 Å². The van der Waals surface area contributed by atoms with Gasteiger partial charge in [0.2, 0.25) is 0 Å². The van der Waals surface area contributed by atoms with Crippen LogP contribution < -0.4 is 24.8 Å². The number of rotatable bonds is 16. The number of anilines is 2. The number of nitrogens with one attached hydrogen (secondary N) is 1. The van der Waals surface area contributed by atoms with E-state index >= 15 is 4.79 Å². The van der Waals surface area contributed by atoms with Crippen molar-refractivity contribution < 1.29 is 23.9 Å². The van der Waals surface area contributed by atoms with E-state index in [9.17, 15) is 4.79 Å². The Morgan fingerprint density at radius 3 is 1.74 bits per heavy atom. The lowest BCUT2D eigenvalue weighted by molar-refractivity contribution is 0.0233. The molecule has 6 aromatic rings. The third-order valence-electron chi connectivity index (χ3n) is 10.4. The molecule has 0 unspecified atom stereocenters. The molecule has 1 aliphatic heterocycles. The van der Waals surface area contributed by atoms with Crippen LogP contribution in [-0.4, -0.2) is 24.9 Å². The lowest BCUT2D eigenvalue weighted by atomic mass is 9.97. The number of piperidine rings is 1. The van der Waals surface area contributed by atoms with Crippen LogP contribution in [0.15, 0.2) is 152 Å². The van der Waals surface area contributed by atoms with Gasteiger partial charge >= 0.3 is 0 Å². The largest absolute Gasteiger partial charge is 0.488 e. The molecule has 1 saturated heterocycles. The Morgan fingerprint density at radius 2 is 1.17 bits per heavy atom. The van der Waals surface area contributed by atoms with Crippen molar-refractivity contribution in [3.8, 4) is 11.5 Å². The van der Waals surface area contributed by atoms with Crippen molar-refractivity contribution in [3.63, 3.8) is 0 Å². The van der Waals surface area contributed by atoms with Crippen molar-refractivity contribution in [1.82, 2.24) is 5.48 Å². The molecular formula is C50H51N3O5. The van der Waals surface area contributed by atoms with Gasteiger partial charge in [0, 0.05) is 36.1 Å². The molecule has 0 atom stereocenters. The number of hydroxylamine groups is 1. The SMILES string of the molecule is CC(C)c1cc(C(=O)N(Cc2ccc(C(=O)NOCc3ccccc3)cc2)c2ccc(N3CCCCC3)cc2)c(OCc2ccccc2)cc1OCc1ccccc1. The summed E-state index contributed by atoms with van der Waals surface area (Å²) in [7, 11) is 0. The van der Waals surface area contributed by atoms with Crippen molar-refractivity contribution in [2.24, 2.45) is 0 Å². The molecule has 296 valence electrons. The van der Waals surface area contributed by atoms with Gasteiger partial charge in [0.1, 0.15) is 24.7 Å². The highest BCUT2D eigenvalue weighted by Crippen LogP contribution is 2.37. The van der Waals surface area contributed by atoms with Crippen molar-refractivity contribution in [3.05, 3.63) is 191 Å². The maximum absolute atomic E-state index is 15.2. The Labute approximate surface area is 342 Å². The molecule has 0 aliphatic carbocycles. The van der Waals surface area contributed by atoms with Crippen LogP contribution in [-0.2, 0) is 31.2 Å². The van der Waals surface area contributed by atoms with Gasteiger partial charge in [-0.2, -0.15) is 0 Å². The summed E-state index contributed by atoms with van der Waals surface area (Å²) in [6, 6.07) is 49.0. The summed E-state index contributed by atoms with van der Waals surface area (Å²) in [5.41, 5.74) is 10.1. The number of hydrogen-bond acceptors (Lipinski definition) is 6. The Kier molecular flexibility index (Phi) is 13.5. The van der Waals surface area contributed by atoms with Crippen LogP contribution >= 0.6 is 0 Å². The number of carbonyl (C=O) groups excluding carboxylic acids is 2. The van der Waals surface area contributed by atoms with Crippen LogP contribution in [0.2, 0.25) is 0 Å². The highest BCUT2D eigenvalue weighted by molar-refractivity contribution is 6.08. The lowest BCUT2D eigenvalue weighted by Crippen LogP contribution is -2.32. The summed E-state index contributed by atoms with van der Waals surface area (Å²) < 4.78 is 13.0. The minimum Gasteiger partial charge on any atom is -0.488 e. The van der Waals surface area contributed by atoms with E-state index < -0.39 is 0 Å². The van der Waals surface area contributed by atoms with Gasteiger partial charge in [-0.3, -0.25) is 14.4 Å². The molecule has 1 fully saturated rings. The minimum atomic E-state index is -0.347. The van der Waals surface area contributed by atoms with E-state index in [4.69, 9.17) is 14.3 Å². The van der Waals surface area contributed by atoms with Crippen LogP contribution in [0.5, 0.6) is 11.5 Å². The first-order valence-corrected chi connectivity index (χ1v) is 20.1. The zero-order valence-corrected chi connectivity index (χ0v) is 33.3. The van der Waals surface area contributed by atoms with E-state index in [0.29, 0.717) is 29.2 Å². The van der Waals surface area contributed by atoms with E-state index in [1.54, 1.807) is 17.0 Å². The second-order valence-corrected chi connectivity index (χ2v) is 14.9. The maximum Gasteiger partial charge on any atom is 0.274 e. The Balaban J connectivity index is 1.19. The zero-order chi connectivity index (χ0) is 40.1. The molecule has 0 bridgehead atoms. The van der Waals surface area contributed by atoms with Gasteiger partial charge in [-0.25, -0.2) is 5.48 Å². The monoisotopic (exact) mass is 773 g/mol. The van der Waals surface area contributed by atoms with Crippen molar-refractivity contribution in [2.75, 3.05) is 22.9 Å². The fraction of sp³-hybridized carbons (Fsp3) is 0.240. The minimum absolute atomic E-state index is 0.0631. The van der Waals surface area contributed by atoms with Gasteiger partial charge in [-0.15, -0.1) is 0 Å². The van der Waals surface area contributed by atoms with Crippen molar-refractivity contribution >= 4 is 23.2 Å². The van der Waals surface area contributed by atoms with Crippen LogP contribution in [0.1, 0.15) is 87.6 Å². The number of benzene rings is 6. The van der Waals surface area contributed by atoms with Gasteiger partial charge in [0.15, 0.2) is 0 Å². The van der Waals surface area contributed by atoms with Gasteiger partial charge in [0.25, 0.3) is 11.8 Å². The summed E-state index contributed by atoms with van der Waals surface area (Å²) in [6.45, 7) is 7.44. The molecule has 1 N–H and O–H groups in total. The quantitative estimate of drug-likeness (QED) is 0.0987. The number of amides is 2. The predicted octanol–water partition coefficient (Wildman–Crippen LogP) is 10.7. The molecule has 0 saturated carbocycles. The fourth-order valence-electron chi connectivity index (χ4n) is 7.09. The van der Waals surface area contributed by atoms with Crippen molar-refractivity contribution in [2.45, 2.75) is 65.4 Å². The first kappa shape index (κ1) is 39.8. The maximum atomic E-state index is 15.2. The Hall–Kier alpha value is -6.38. The second-order valence-electron chi connectivity index (χ2n) is 14.9. The van der Waals surface area contributed by atoms with E-state index in [0.717, 1.165) is 52.3 Å². The average molecular weight is 774 g/mol. The Bertz CT molecular complexity index is 2220. The summed E-state index contributed by atoms with van der Waals surface area (Å²) in [5.74, 6) is 0.630. The topological polar surface area (TPSA) is 80.3 Å². The van der Waals surface area contributed by atoms with Crippen LogP contribution in [0.4, 0.5) is 11.4 Å². The highest BCUT2D eigenvalue weighted by Gasteiger charge is 2.26. The summed E-state index contributed by atoms with van der Waals surface area (Å²) >= 11 is 0. The number of hydrogen-bond donors (Lipinski definition) is 1. The molecule has 1 heterocycles. The molecule has 2 amide bonds. The van der Waals surface area contributed by atoms with Crippen LogP contribution in [0, 0.1) is 0 Å². The van der Waals surface area contributed by atoms with Gasteiger partial charge in [-0.05, 0) is 95.5 Å². The highest BCUT2D eigenvalue weighted by atomic mass is 16.6. The molecule has 0 radical (unpaired) electrons. The average Bonchev–Trinajstić information content (AvgIpc) is 3.28. The smallest absolute Gasteiger partial charge is 0.274 e. The van der Waals surface area contributed by atoms with Gasteiger partial charge in [-0.1, -0.05) is 117 Å². The number of nitrogens with zero attached hydrogens (tertiary/aromatic N) is 2. The Morgan fingerprint density at radius 1 is 0.621 bits per heavy atom. The molecule has 0 spiro atoms. The molecule has 1 aliphatic rings. The molecule has 8 nitrogen and oxygen atoms in total. The lowest BCUT2D eigenvalue weighted by Gasteiger charge is -2.30. The van der Waals surface area contributed by atoms with E-state index in [1.165, 1.54) is 19.3 Å². The third-order valence-corrected chi connectivity index (χ3v) is 10.4. The van der Waals surface area contributed by atoms with E-state index in [2.05, 4.69) is 36.4 Å². The summed E-state index contributed by atoms with van der Waals surface area (Å²) in [5, 5.41) is 0. The number of ether oxygens (including phenoxy) is 2. The molecule has 0 aromatic heterocycles. The third kappa shape index (κ3) is 10.5. The normalized spacial score (nSPS) is 12.6. The molecule has 8 heteroatoms. The standard InChI is InChI=1S/C50H51N3O5/c1-37(2)45-31-46(48(57-35-40-17-9-4-10-18-40)32-47(45)56-34-39-15-7-3-8-16-39)50(55)53(44-27-25-43(26-28-44)52-29-13-6-14-30-52)33-38-21-23-42(24-22-38)49(54)51-58-36-41-19-11-5-12-20-41/h3-5,7-12,15-28,31-32,37H,6,13-14,29-30,33-36H2,1-2H3,(H,51,54). The van der Waals surface area contributed by atoms with E-state index in [-0.39, 0.29) is 37.5 Å². The predicted molar refractivity (Wildman–Crippen MR) is 230 cm³/mol. The molecule has 6 aromatic carbocycles. The molecule has 7 rings (SSSR count). The second kappa shape index (κ2) is 19.7. The molecular weight excluding hydrogens is 723 g/mol. The van der Waals surface area contributed by atoms with E-state index in [1.807, 2.05) is 127 Å². The first-order chi connectivity index (χ1) is 28.4. The number of carbonyl (C=O) groups is 2.